The number of aryl methyl sites for hydroxylation is 4. The first kappa shape index (κ1) is 57.0. The van der Waals surface area contributed by atoms with Gasteiger partial charge in [-0.05, 0) is 165 Å². The van der Waals surface area contributed by atoms with Gasteiger partial charge < -0.3 is 9.97 Å². The van der Waals surface area contributed by atoms with Gasteiger partial charge in [-0.3, -0.25) is 0 Å². The average molecular weight is 1190 g/mol. The Morgan fingerprint density at radius 2 is 0.478 bits per heavy atom. The van der Waals surface area contributed by atoms with Crippen LogP contribution in [0.25, 0.3) is 165 Å². The Morgan fingerprint density at radius 1 is 0.250 bits per heavy atom. The molecule has 4 heterocycles. The molecule has 13 aromatic rings. The number of nitrogens with zero attached hydrogens (tertiary/aromatic N) is 2. The van der Waals surface area contributed by atoms with Crippen LogP contribution in [0.4, 0.5) is 0 Å². The van der Waals surface area contributed by atoms with Gasteiger partial charge in [-0.15, -0.1) is 0 Å². The van der Waals surface area contributed by atoms with E-state index in [1.807, 2.05) is 0 Å². The molecule has 4 nitrogen and oxygen atoms in total. The van der Waals surface area contributed by atoms with Crippen molar-refractivity contribution in [2.45, 2.75) is 105 Å². The lowest BCUT2D eigenvalue weighted by Gasteiger charge is -2.11. The molecule has 2 aliphatic heterocycles. The molecule has 1 aliphatic carbocycles. The second-order valence-corrected chi connectivity index (χ2v) is 25.9. The summed E-state index contributed by atoms with van der Waals surface area (Å²) in [6.45, 7) is 9.12. The van der Waals surface area contributed by atoms with E-state index in [1.54, 1.807) is 0 Å². The van der Waals surface area contributed by atoms with Crippen LogP contribution in [-0.2, 0) is 25.7 Å². The van der Waals surface area contributed by atoms with Crippen LogP contribution in [0.1, 0.15) is 101 Å². The third kappa shape index (κ3) is 10.1. The molecule has 16 rings (SSSR count). The molecule has 11 aromatic carbocycles. The highest BCUT2D eigenvalue weighted by atomic mass is 14.8. The molecule has 2 N–H and O–H groups in total. The van der Waals surface area contributed by atoms with Gasteiger partial charge in [-0.25, -0.2) is 9.97 Å². The van der Waals surface area contributed by atoms with E-state index in [0.717, 1.165) is 210 Å². The molecule has 8 bridgehead atoms. The molecule has 3 aliphatic rings. The molecule has 448 valence electrons. The van der Waals surface area contributed by atoms with E-state index in [0.29, 0.717) is 0 Å². The van der Waals surface area contributed by atoms with E-state index in [9.17, 15) is 0 Å². The largest absolute Gasteiger partial charge is 0.353 e. The van der Waals surface area contributed by atoms with Gasteiger partial charge in [0.15, 0.2) is 0 Å². The molecule has 2 aromatic heterocycles. The lowest BCUT2D eigenvalue weighted by molar-refractivity contribution is 0.795. The predicted molar refractivity (Wildman–Crippen MR) is 394 cm³/mol. The van der Waals surface area contributed by atoms with E-state index >= 15 is 0 Å². The van der Waals surface area contributed by atoms with Gasteiger partial charge in [0.25, 0.3) is 0 Å². The summed E-state index contributed by atoms with van der Waals surface area (Å²) in [5, 5.41) is 11.6. The van der Waals surface area contributed by atoms with Crippen LogP contribution in [0.2, 0.25) is 0 Å². The van der Waals surface area contributed by atoms with Crippen LogP contribution >= 0.6 is 0 Å². The smallest absolute Gasteiger partial charge is 0.0816 e. The van der Waals surface area contributed by atoms with E-state index in [-0.39, 0.29) is 0 Å². The summed E-state index contributed by atoms with van der Waals surface area (Å²) in [4.78, 5) is 21.4. The Balaban J connectivity index is 1.20. The Bertz CT molecular complexity index is 5020. The number of hydrogen-bond donors (Lipinski definition) is 2. The Kier molecular flexibility index (Phi) is 15.0. The lowest BCUT2D eigenvalue weighted by atomic mass is 9.91. The Morgan fingerprint density at radius 3 is 0.728 bits per heavy atom. The maximum Gasteiger partial charge on any atom is 0.0816 e. The van der Waals surface area contributed by atoms with Crippen molar-refractivity contribution in [3.8, 4) is 89.5 Å². The summed E-state index contributed by atoms with van der Waals surface area (Å²) in [5.74, 6) is 0. The highest BCUT2D eigenvalue weighted by molar-refractivity contribution is 6.24. The lowest BCUT2D eigenvalue weighted by Crippen LogP contribution is -1.90. The van der Waals surface area contributed by atoms with Crippen molar-refractivity contribution in [2.75, 3.05) is 0 Å². The maximum absolute atomic E-state index is 6.35. The summed E-state index contributed by atoms with van der Waals surface area (Å²) in [6, 6.07) is 88.0. The molecular weight excluding hydrogens is 1110 g/mol. The Labute approximate surface area is 539 Å². The molecule has 0 fully saturated rings. The van der Waals surface area contributed by atoms with E-state index in [4.69, 9.17) is 9.97 Å². The van der Waals surface area contributed by atoms with E-state index < -0.39 is 0 Å². The molecule has 0 amide bonds. The fourth-order valence-corrected chi connectivity index (χ4v) is 14.8. The van der Waals surface area contributed by atoms with Gasteiger partial charge in [0.05, 0.1) is 44.8 Å². The first-order chi connectivity index (χ1) is 45.4. The quantitative estimate of drug-likeness (QED) is 0.101. The van der Waals surface area contributed by atoms with Crippen LogP contribution in [0, 0.1) is 0 Å². The van der Waals surface area contributed by atoms with Gasteiger partial charge in [0, 0.05) is 66.1 Å². The topological polar surface area (TPSA) is 57.4 Å². The number of aromatic amines is 2. The molecule has 0 spiro atoms. The third-order valence-electron chi connectivity index (χ3n) is 19.8. The minimum absolute atomic E-state index is 0.937. The molecule has 0 saturated heterocycles. The standard InChI is InChI=1S/C88H76N4/c1-5-9-21-55-33-41-59(42-34-55)77-81-69-31-19-20-32-70(69)82(89-81)78(60-43-35-56(36-44-60)22-10-6-2)84-72-50-64-26-14-16-28-66(64)52-74(72)86(91-84)80(62-47-39-58(40-48-62)24-12-8-4)88-76-54-68-30-18-17-29-67(68)53-75(76)87(92-88)79(61-45-37-57(38-46-61)23-11-7-3)85-73-51-65-27-15-13-25-63(65)49-71(73)83(77)90-85/h13-20,25-54,90-91H,5-12,21-24H2,1-4H3. The van der Waals surface area contributed by atoms with Crippen molar-refractivity contribution in [1.82, 2.24) is 19.9 Å². The van der Waals surface area contributed by atoms with Crippen molar-refractivity contribution < 1.29 is 0 Å². The van der Waals surface area contributed by atoms with Gasteiger partial charge in [0.1, 0.15) is 0 Å². The normalized spacial score (nSPS) is 12.0. The number of hydrogen-bond acceptors (Lipinski definition) is 2. The SMILES string of the molecule is CCCCc1ccc(-c2c3nc(c(-c4ccc(CCCC)cc4)c4[nH]c(c(-c5ccc(CCCC)cc5)c5nc(c(-c6ccc(CCCC)cc6)c6[nH]c2c2cc7ccccc7cc62)-c2cc6ccccc6cc2-5)c2cc5ccccc5cc42)-c2ccccc2-3)cc1. The number of nitrogens with one attached hydrogen (secondary N) is 2. The fraction of sp³-hybridized carbons (Fsp3) is 0.182. The summed E-state index contributed by atoms with van der Waals surface area (Å²) in [6.07, 6.45) is 13.2. The van der Waals surface area contributed by atoms with Crippen molar-refractivity contribution in [2.24, 2.45) is 0 Å². The second-order valence-electron chi connectivity index (χ2n) is 25.9. The first-order valence-electron chi connectivity index (χ1n) is 33.9. The van der Waals surface area contributed by atoms with Crippen LogP contribution in [0.15, 0.2) is 231 Å². The zero-order chi connectivity index (χ0) is 61.8. The highest BCUT2D eigenvalue weighted by Crippen LogP contribution is 2.53. The first-order valence-corrected chi connectivity index (χ1v) is 33.9. The highest BCUT2D eigenvalue weighted by Gasteiger charge is 2.31. The zero-order valence-corrected chi connectivity index (χ0v) is 53.3. The number of fused-ring (bicyclic) bond motifs is 3. The number of benzene rings is 11. The van der Waals surface area contributed by atoms with Gasteiger partial charge in [0.2, 0.25) is 0 Å². The van der Waals surface area contributed by atoms with Crippen LogP contribution in [-0.4, -0.2) is 19.9 Å². The second kappa shape index (κ2) is 24.2. The van der Waals surface area contributed by atoms with Gasteiger partial charge >= 0.3 is 0 Å². The summed E-state index contributed by atoms with van der Waals surface area (Å²) in [7, 11) is 0. The molecule has 0 radical (unpaired) electrons. The van der Waals surface area contributed by atoms with Crippen molar-refractivity contribution >= 4 is 75.9 Å². The monoisotopic (exact) mass is 1190 g/mol. The minimum atomic E-state index is 0.937. The van der Waals surface area contributed by atoms with E-state index in [2.05, 4.69) is 268 Å². The number of aromatic nitrogens is 4. The Hall–Kier alpha value is -10.2. The predicted octanol–water partition coefficient (Wildman–Crippen LogP) is 24.8. The third-order valence-corrected chi connectivity index (χ3v) is 19.8. The molecule has 0 atom stereocenters. The minimum Gasteiger partial charge on any atom is -0.353 e. The maximum atomic E-state index is 6.35. The summed E-state index contributed by atoms with van der Waals surface area (Å²) < 4.78 is 0. The van der Waals surface area contributed by atoms with Crippen LogP contribution < -0.4 is 0 Å². The zero-order valence-electron chi connectivity index (χ0n) is 53.3. The van der Waals surface area contributed by atoms with Crippen molar-refractivity contribution in [3.05, 3.63) is 253 Å². The fourth-order valence-electron chi connectivity index (χ4n) is 14.8. The number of H-pyrrole nitrogens is 2. The van der Waals surface area contributed by atoms with Crippen LogP contribution in [0.3, 0.4) is 0 Å². The number of unbranched alkanes of at least 4 members (excludes halogenated alkanes) is 4. The van der Waals surface area contributed by atoms with Crippen LogP contribution in [0.5, 0.6) is 0 Å². The molecule has 0 unspecified atom stereocenters. The molecule has 92 heavy (non-hydrogen) atoms. The van der Waals surface area contributed by atoms with Gasteiger partial charge in [-0.2, -0.15) is 0 Å². The summed E-state index contributed by atoms with van der Waals surface area (Å²) in [5.41, 5.74) is 26.3. The van der Waals surface area contributed by atoms with Crippen molar-refractivity contribution in [3.63, 3.8) is 0 Å². The molecular formula is C88H76N4. The van der Waals surface area contributed by atoms with E-state index in [1.165, 1.54) is 54.6 Å². The van der Waals surface area contributed by atoms with Crippen molar-refractivity contribution in [1.29, 1.82) is 0 Å². The summed E-state index contributed by atoms with van der Waals surface area (Å²) >= 11 is 0. The number of rotatable bonds is 16. The van der Waals surface area contributed by atoms with Gasteiger partial charge in [-0.1, -0.05) is 248 Å². The average Bonchev–Trinajstić information content (AvgIpc) is 1.58. The molecule has 0 saturated carbocycles. The molecule has 4 heteroatoms.